The predicted octanol–water partition coefficient (Wildman–Crippen LogP) is 2.12. The first kappa shape index (κ1) is 15.3. The molecule has 132 valence electrons. The molecule has 6 nitrogen and oxygen atoms in total. The molecular weight excluding hydrogens is 316 g/mol. The summed E-state index contributed by atoms with van der Waals surface area (Å²) in [6.45, 7) is 3.61. The summed E-state index contributed by atoms with van der Waals surface area (Å²) in [7, 11) is 0. The molecule has 3 aliphatic rings. The Morgan fingerprint density at radius 2 is 2.00 bits per heavy atom. The van der Waals surface area contributed by atoms with Crippen molar-refractivity contribution < 1.29 is 4.52 Å². The third-order valence-corrected chi connectivity index (χ3v) is 5.75. The second kappa shape index (κ2) is 6.09. The first-order valence-corrected chi connectivity index (χ1v) is 9.53. The van der Waals surface area contributed by atoms with Crippen LogP contribution in [-0.2, 0) is 25.9 Å². The van der Waals surface area contributed by atoms with Crippen LogP contribution < -0.4 is 5.56 Å². The van der Waals surface area contributed by atoms with Gasteiger partial charge in [-0.15, -0.1) is 0 Å². The molecule has 1 saturated carbocycles. The lowest BCUT2D eigenvalue weighted by molar-refractivity contribution is 0.0739. The minimum Gasteiger partial charge on any atom is -0.361 e. The smallest absolute Gasteiger partial charge is 0.266 e. The molecule has 6 heteroatoms. The van der Waals surface area contributed by atoms with Crippen molar-refractivity contribution in [1.29, 1.82) is 0 Å². The molecule has 0 atom stereocenters. The van der Waals surface area contributed by atoms with Gasteiger partial charge in [0.15, 0.2) is 0 Å². The molecule has 2 aromatic heterocycles. The van der Waals surface area contributed by atoms with E-state index < -0.39 is 0 Å². The molecule has 0 radical (unpaired) electrons. The van der Waals surface area contributed by atoms with Gasteiger partial charge < -0.3 is 4.52 Å². The normalized spacial score (nSPS) is 21.1. The molecule has 5 rings (SSSR count). The van der Waals surface area contributed by atoms with E-state index in [-0.39, 0.29) is 5.56 Å². The van der Waals surface area contributed by atoms with E-state index in [9.17, 15) is 4.79 Å². The van der Waals surface area contributed by atoms with E-state index in [1.807, 2.05) is 6.07 Å². The average Bonchev–Trinajstić information content (AvgIpc) is 3.36. The Morgan fingerprint density at radius 1 is 1.16 bits per heavy atom. The monoisotopic (exact) mass is 340 g/mol. The zero-order valence-electron chi connectivity index (χ0n) is 14.5. The van der Waals surface area contributed by atoms with E-state index in [0.29, 0.717) is 11.8 Å². The molecular formula is C19H24N4O2. The maximum atomic E-state index is 12.1. The van der Waals surface area contributed by atoms with Gasteiger partial charge in [-0.3, -0.25) is 9.69 Å². The fourth-order valence-corrected chi connectivity index (χ4v) is 4.14. The summed E-state index contributed by atoms with van der Waals surface area (Å²) in [5.74, 6) is 2.19. The van der Waals surface area contributed by atoms with E-state index in [4.69, 9.17) is 4.52 Å². The van der Waals surface area contributed by atoms with E-state index >= 15 is 0 Å². The number of aromatic nitrogens is 3. The van der Waals surface area contributed by atoms with E-state index in [2.05, 4.69) is 15.2 Å². The van der Waals surface area contributed by atoms with Gasteiger partial charge in [0.05, 0.1) is 12.2 Å². The van der Waals surface area contributed by atoms with Gasteiger partial charge in [0.2, 0.25) is 0 Å². The number of hydrogen-bond acceptors (Lipinski definition) is 5. The highest BCUT2D eigenvalue weighted by atomic mass is 16.5. The second-order valence-corrected chi connectivity index (χ2v) is 7.85. The Balaban J connectivity index is 1.19. The number of rotatable bonds is 5. The molecule has 2 aromatic rings. The summed E-state index contributed by atoms with van der Waals surface area (Å²) in [4.78, 5) is 14.4. The van der Waals surface area contributed by atoms with Crippen LogP contribution in [0.2, 0.25) is 0 Å². The van der Waals surface area contributed by atoms with Crippen molar-refractivity contribution in [2.45, 2.75) is 57.5 Å². The third-order valence-electron chi connectivity index (χ3n) is 5.75. The fraction of sp³-hybridized carbons (Fsp3) is 0.632. The number of aryl methyl sites for hydroxylation is 1. The van der Waals surface area contributed by atoms with Gasteiger partial charge in [0.25, 0.3) is 5.56 Å². The zero-order chi connectivity index (χ0) is 16.8. The molecule has 0 spiro atoms. The number of likely N-dealkylation sites (tertiary alicyclic amines) is 1. The van der Waals surface area contributed by atoms with Crippen LogP contribution in [-0.4, -0.2) is 32.9 Å². The van der Waals surface area contributed by atoms with Crippen molar-refractivity contribution >= 4 is 0 Å². The number of nitrogens with zero attached hydrogens (tertiary/aromatic N) is 4. The maximum absolute atomic E-state index is 12.1. The molecule has 2 fully saturated rings. The molecule has 3 heterocycles. The van der Waals surface area contributed by atoms with Gasteiger partial charge >= 0.3 is 0 Å². The Morgan fingerprint density at radius 3 is 2.84 bits per heavy atom. The first-order valence-electron chi connectivity index (χ1n) is 9.53. The highest BCUT2D eigenvalue weighted by Gasteiger charge is 2.31. The minimum absolute atomic E-state index is 0.0217. The van der Waals surface area contributed by atoms with Gasteiger partial charge in [-0.05, 0) is 38.2 Å². The van der Waals surface area contributed by atoms with E-state index in [1.54, 1.807) is 10.7 Å². The van der Waals surface area contributed by atoms with Gasteiger partial charge in [-0.25, -0.2) is 4.68 Å². The maximum Gasteiger partial charge on any atom is 0.266 e. The lowest BCUT2D eigenvalue weighted by Gasteiger charge is -2.38. The second-order valence-electron chi connectivity index (χ2n) is 7.85. The average molecular weight is 340 g/mol. The van der Waals surface area contributed by atoms with Gasteiger partial charge in [-0.1, -0.05) is 5.16 Å². The van der Waals surface area contributed by atoms with Crippen molar-refractivity contribution in [2.24, 2.45) is 5.92 Å². The minimum atomic E-state index is 0.0217. The topological polar surface area (TPSA) is 64.2 Å². The van der Waals surface area contributed by atoms with Crippen LogP contribution in [0.1, 0.15) is 54.3 Å². The molecule has 0 unspecified atom stereocenters. The summed E-state index contributed by atoms with van der Waals surface area (Å²) in [5.41, 5.74) is 3.59. The van der Waals surface area contributed by atoms with Crippen LogP contribution >= 0.6 is 0 Å². The number of hydrogen-bond donors (Lipinski definition) is 0. The molecule has 25 heavy (non-hydrogen) atoms. The largest absolute Gasteiger partial charge is 0.361 e. The molecule has 0 amide bonds. The predicted molar refractivity (Wildman–Crippen MR) is 92.4 cm³/mol. The molecule has 1 saturated heterocycles. The summed E-state index contributed by atoms with van der Waals surface area (Å²) in [6.07, 6.45) is 7.04. The van der Waals surface area contributed by atoms with Crippen molar-refractivity contribution in [1.82, 2.24) is 19.8 Å². The van der Waals surface area contributed by atoms with Crippen molar-refractivity contribution in [3.63, 3.8) is 0 Å². The summed E-state index contributed by atoms with van der Waals surface area (Å²) in [6, 6.07) is 3.58. The molecule has 2 aliphatic carbocycles. The van der Waals surface area contributed by atoms with Crippen molar-refractivity contribution in [2.75, 3.05) is 13.1 Å². The molecule has 0 N–H and O–H groups in total. The van der Waals surface area contributed by atoms with Gasteiger partial charge in [0.1, 0.15) is 11.5 Å². The van der Waals surface area contributed by atoms with Crippen molar-refractivity contribution in [3.8, 4) is 0 Å². The number of fused-ring (bicyclic) bond motifs is 1. The molecule has 0 bridgehead atoms. The van der Waals surface area contributed by atoms with Crippen LogP contribution in [0.15, 0.2) is 21.5 Å². The zero-order valence-corrected chi connectivity index (χ0v) is 14.5. The van der Waals surface area contributed by atoms with Crippen LogP contribution in [0.4, 0.5) is 0 Å². The van der Waals surface area contributed by atoms with Crippen molar-refractivity contribution in [3.05, 3.63) is 45.2 Å². The van der Waals surface area contributed by atoms with Crippen LogP contribution in [0, 0.1) is 5.92 Å². The quantitative estimate of drug-likeness (QED) is 0.834. The van der Waals surface area contributed by atoms with Gasteiger partial charge in [0, 0.05) is 49.5 Å². The third kappa shape index (κ3) is 3.03. The summed E-state index contributed by atoms with van der Waals surface area (Å²) in [5, 5.41) is 8.87. The highest BCUT2D eigenvalue weighted by Crippen LogP contribution is 2.38. The summed E-state index contributed by atoms with van der Waals surface area (Å²) >= 11 is 0. The van der Waals surface area contributed by atoms with E-state index in [1.165, 1.54) is 31.2 Å². The molecule has 1 aliphatic heterocycles. The Bertz CT molecular complexity index is 830. The van der Waals surface area contributed by atoms with Gasteiger partial charge in [-0.2, -0.15) is 5.10 Å². The Kier molecular flexibility index (Phi) is 3.73. The lowest BCUT2D eigenvalue weighted by atomic mass is 9.95. The van der Waals surface area contributed by atoms with E-state index in [0.717, 1.165) is 56.2 Å². The molecule has 0 aromatic carbocycles. The summed E-state index contributed by atoms with van der Waals surface area (Å²) < 4.78 is 7.18. The lowest BCUT2D eigenvalue weighted by Crippen LogP contribution is -2.49. The first-order chi connectivity index (χ1) is 12.3. The highest BCUT2D eigenvalue weighted by molar-refractivity contribution is 5.25. The van der Waals surface area contributed by atoms with Crippen LogP contribution in [0.25, 0.3) is 0 Å². The van der Waals surface area contributed by atoms with Crippen LogP contribution in [0.5, 0.6) is 0 Å². The SMILES string of the molecule is O=c1ccc(C2CC2)nn1CC1CN(Cc2noc3c2CCCC3)C1. The Hall–Kier alpha value is -1.95. The van der Waals surface area contributed by atoms with Crippen LogP contribution in [0.3, 0.4) is 0 Å². The Labute approximate surface area is 146 Å². The fourth-order valence-electron chi connectivity index (χ4n) is 4.14. The standard InChI is InChI=1S/C19H24N4O2/c24-19-8-7-16(14-5-6-14)20-23(19)11-13-9-22(10-13)12-17-15-3-1-2-4-18(15)25-21-17/h7-8,13-14H,1-6,9-12H2.